The summed E-state index contributed by atoms with van der Waals surface area (Å²) in [4.78, 5) is 35.6. The van der Waals surface area contributed by atoms with Crippen molar-refractivity contribution in [1.82, 2.24) is 20.2 Å². The number of carbonyl (C=O) groups is 1. The monoisotopic (exact) mass is 388 g/mol. The van der Waals surface area contributed by atoms with E-state index in [9.17, 15) is 9.59 Å². The van der Waals surface area contributed by atoms with E-state index in [2.05, 4.69) is 20.2 Å². The van der Waals surface area contributed by atoms with Gasteiger partial charge in [0.05, 0.1) is 16.6 Å². The lowest BCUT2D eigenvalue weighted by Crippen LogP contribution is -2.50. The first-order valence-electron chi connectivity index (χ1n) is 10.1. The topological polar surface area (TPSA) is 78.1 Å². The third-order valence-electron chi connectivity index (χ3n) is 6.07. The highest BCUT2D eigenvalue weighted by Crippen LogP contribution is 2.28. The molecule has 2 fully saturated rings. The van der Waals surface area contributed by atoms with Crippen molar-refractivity contribution in [2.75, 3.05) is 13.1 Å². The van der Waals surface area contributed by atoms with Crippen LogP contribution in [-0.4, -0.2) is 45.9 Å². The molecule has 27 heavy (non-hydrogen) atoms. The lowest BCUT2D eigenvalue weighted by molar-refractivity contribution is 0.0864. The zero-order valence-electron chi connectivity index (χ0n) is 15.9. The summed E-state index contributed by atoms with van der Waals surface area (Å²) >= 11 is 1.31. The number of carbonyl (C=O) groups excluding carboxylic acids is 1. The number of thiophene rings is 1. The van der Waals surface area contributed by atoms with Gasteiger partial charge in [0.15, 0.2) is 0 Å². The number of amides is 1. The summed E-state index contributed by atoms with van der Waals surface area (Å²) in [7, 11) is 0. The van der Waals surface area contributed by atoms with Crippen LogP contribution in [0.4, 0.5) is 0 Å². The van der Waals surface area contributed by atoms with Crippen LogP contribution in [-0.2, 0) is 0 Å². The molecule has 1 amide bonds. The molecule has 1 aliphatic heterocycles. The molecule has 1 unspecified atom stereocenters. The normalized spacial score (nSPS) is 22.6. The molecule has 2 aromatic rings. The molecule has 0 bridgehead atoms. The van der Waals surface area contributed by atoms with Crippen molar-refractivity contribution in [3.05, 3.63) is 27.1 Å². The van der Waals surface area contributed by atoms with Crippen LogP contribution in [0, 0.1) is 6.92 Å². The molecule has 1 saturated heterocycles. The van der Waals surface area contributed by atoms with Crippen LogP contribution in [0.1, 0.15) is 66.6 Å². The van der Waals surface area contributed by atoms with Crippen molar-refractivity contribution in [3.8, 4) is 0 Å². The minimum atomic E-state index is -0.176. The summed E-state index contributed by atoms with van der Waals surface area (Å²) in [6, 6.07) is 0.867. The molecule has 1 saturated carbocycles. The molecule has 0 aromatic carbocycles. The molecule has 146 valence electrons. The van der Waals surface area contributed by atoms with E-state index in [0.717, 1.165) is 31.5 Å². The van der Waals surface area contributed by atoms with E-state index < -0.39 is 0 Å². The van der Waals surface area contributed by atoms with E-state index >= 15 is 0 Å². The summed E-state index contributed by atoms with van der Waals surface area (Å²) in [6.07, 6.45) is 11.5. The molecule has 1 atom stereocenters. The highest BCUT2D eigenvalue weighted by atomic mass is 32.1. The zero-order valence-corrected chi connectivity index (χ0v) is 16.7. The Balaban J connectivity index is 1.45. The predicted molar refractivity (Wildman–Crippen MR) is 109 cm³/mol. The molecule has 0 spiro atoms. The van der Waals surface area contributed by atoms with E-state index in [4.69, 9.17) is 0 Å². The number of aromatic nitrogens is 2. The SMILES string of the molecule is Cc1c(C(=O)NC2CCCN(C3CCCCCC3)C2)sc2nc[nH]c(=O)c12. The first kappa shape index (κ1) is 18.6. The molecule has 7 heteroatoms. The Labute approximate surface area is 163 Å². The largest absolute Gasteiger partial charge is 0.347 e. The second-order valence-electron chi connectivity index (χ2n) is 7.92. The number of hydrogen-bond donors (Lipinski definition) is 2. The number of nitrogens with one attached hydrogen (secondary N) is 2. The van der Waals surface area contributed by atoms with Crippen LogP contribution >= 0.6 is 11.3 Å². The van der Waals surface area contributed by atoms with Gasteiger partial charge >= 0.3 is 0 Å². The third-order valence-corrected chi connectivity index (χ3v) is 7.27. The van der Waals surface area contributed by atoms with Gasteiger partial charge in [0, 0.05) is 18.6 Å². The van der Waals surface area contributed by atoms with Crippen molar-refractivity contribution in [3.63, 3.8) is 0 Å². The number of likely N-dealkylation sites (tertiary alicyclic amines) is 1. The fraction of sp³-hybridized carbons (Fsp3) is 0.650. The molecule has 0 radical (unpaired) electrons. The molecular formula is C20H28N4O2S. The minimum Gasteiger partial charge on any atom is -0.347 e. The number of aryl methyl sites for hydroxylation is 1. The van der Waals surface area contributed by atoms with E-state index in [0.29, 0.717) is 21.1 Å². The number of nitrogens with zero attached hydrogens (tertiary/aromatic N) is 2. The standard InChI is InChI=1S/C20H28N4O2S/c1-13-16-18(25)21-12-22-20(16)27-17(13)19(26)23-14-7-6-10-24(11-14)15-8-4-2-3-5-9-15/h12,14-15H,2-11H2,1H3,(H,23,26)(H,21,22,25). The molecule has 1 aliphatic carbocycles. The average molecular weight is 389 g/mol. The Hall–Kier alpha value is -1.73. The average Bonchev–Trinajstić information content (AvgIpc) is 2.84. The maximum Gasteiger partial charge on any atom is 0.261 e. The Morgan fingerprint density at radius 2 is 2.00 bits per heavy atom. The summed E-state index contributed by atoms with van der Waals surface area (Å²) in [5.74, 6) is -0.0670. The molecule has 3 heterocycles. The van der Waals surface area contributed by atoms with Gasteiger partial charge in [0.1, 0.15) is 4.83 Å². The van der Waals surface area contributed by atoms with Gasteiger partial charge in [-0.25, -0.2) is 4.98 Å². The van der Waals surface area contributed by atoms with E-state index in [-0.39, 0.29) is 17.5 Å². The minimum absolute atomic E-state index is 0.0670. The molecule has 4 rings (SSSR count). The smallest absolute Gasteiger partial charge is 0.261 e. The number of hydrogen-bond acceptors (Lipinski definition) is 5. The maximum atomic E-state index is 12.9. The van der Waals surface area contributed by atoms with Gasteiger partial charge in [-0.05, 0) is 44.7 Å². The maximum absolute atomic E-state index is 12.9. The van der Waals surface area contributed by atoms with Crippen LogP contribution in [0.5, 0.6) is 0 Å². The lowest BCUT2D eigenvalue weighted by atomic mass is 10.00. The molecule has 2 aromatic heterocycles. The Morgan fingerprint density at radius 1 is 1.22 bits per heavy atom. The number of piperidine rings is 1. The van der Waals surface area contributed by atoms with Crippen molar-refractivity contribution >= 4 is 27.5 Å². The van der Waals surface area contributed by atoms with Gasteiger partial charge in [-0.3, -0.25) is 14.5 Å². The van der Waals surface area contributed by atoms with E-state index in [1.807, 2.05) is 6.92 Å². The van der Waals surface area contributed by atoms with E-state index in [1.165, 1.54) is 56.2 Å². The molecule has 2 aliphatic rings. The number of fused-ring (bicyclic) bond motifs is 1. The first-order chi connectivity index (χ1) is 13.1. The van der Waals surface area contributed by atoms with Crippen LogP contribution < -0.4 is 10.9 Å². The van der Waals surface area contributed by atoms with Crippen LogP contribution in [0.25, 0.3) is 10.2 Å². The summed E-state index contributed by atoms with van der Waals surface area (Å²) < 4.78 is 0. The van der Waals surface area contributed by atoms with Crippen LogP contribution in [0.2, 0.25) is 0 Å². The second kappa shape index (κ2) is 8.10. The second-order valence-corrected chi connectivity index (χ2v) is 8.92. The lowest BCUT2D eigenvalue weighted by Gasteiger charge is -2.38. The molecular weight excluding hydrogens is 360 g/mol. The van der Waals surface area contributed by atoms with Gasteiger partial charge in [-0.1, -0.05) is 25.7 Å². The summed E-state index contributed by atoms with van der Waals surface area (Å²) in [5, 5.41) is 3.77. The quantitative estimate of drug-likeness (QED) is 0.792. The number of H-pyrrole nitrogens is 1. The third kappa shape index (κ3) is 3.94. The van der Waals surface area contributed by atoms with Gasteiger partial charge in [-0.2, -0.15) is 0 Å². The predicted octanol–water partition coefficient (Wildman–Crippen LogP) is 3.21. The summed E-state index contributed by atoms with van der Waals surface area (Å²) in [6.45, 7) is 3.93. The Morgan fingerprint density at radius 3 is 2.74 bits per heavy atom. The van der Waals surface area contributed by atoms with Gasteiger partial charge < -0.3 is 10.3 Å². The molecule has 2 N–H and O–H groups in total. The van der Waals surface area contributed by atoms with Crippen LogP contribution in [0.15, 0.2) is 11.1 Å². The molecule has 6 nitrogen and oxygen atoms in total. The van der Waals surface area contributed by atoms with Crippen molar-refractivity contribution in [2.24, 2.45) is 0 Å². The van der Waals surface area contributed by atoms with Crippen molar-refractivity contribution in [2.45, 2.75) is 70.4 Å². The fourth-order valence-corrected chi connectivity index (χ4v) is 5.68. The number of rotatable bonds is 3. The van der Waals surface area contributed by atoms with Gasteiger partial charge in [-0.15, -0.1) is 11.3 Å². The Bertz CT molecular complexity index is 866. The first-order valence-corrected chi connectivity index (χ1v) is 11.0. The van der Waals surface area contributed by atoms with Crippen molar-refractivity contribution < 1.29 is 4.79 Å². The van der Waals surface area contributed by atoms with Crippen LogP contribution in [0.3, 0.4) is 0 Å². The highest BCUT2D eigenvalue weighted by molar-refractivity contribution is 7.20. The fourth-order valence-electron chi connectivity index (χ4n) is 4.62. The Kier molecular flexibility index (Phi) is 5.59. The van der Waals surface area contributed by atoms with Gasteiger partial charge in [0.25, 0.3) is 11.5 Å². The summed E-state index contributed by atoms with van der Waals surface area (Å²) in [5.41, 5.74) is 0.559. The zero-order chi connectivity index (χ0) is 18.8. The highest BCUT2D eigenvalue weighted by Gasteiger charge is 2.28. The van der Waals surface area contributed by atoms with E-state index in [1.54, 1.807) is 0 Å². The number of aromatic amines is 1. The van der Waals surface area contributed by atoms with Crippen molar-refractivity contribution in [1.29, 1.82) is 0 Å². The van der Waals surface area contributed by atoms with Gasteiger partial charge in [0.2, 0.25) is 0 Å².